The van der Waals surface area contributed by atoms with Crippen LogP contribution in [0.2, 0.25) is 10.0 Å². The van der Waals surface area contributed by atoms with Gasteiger partial charge in [-0.15, -0.1) is 0 Å². The Kier molecular flexibility index (Phi) is 6.84. The molecule has 0 bridgehead atoms. The van der Waals surface area contributed by atoms with Gasteiger partial charge in [-0.05, 0) is 25.1 Å². The van der Waals surface area contributed by atoms with Crippen LogP contribution < -0.4 is 5.32 Å². The van der Waals surface area contributed by atoms with Crippen LogP contribution in [0.3, 0.4) is 0 Å². The highest BCUT2D eigenvalue weighted by Gasteiger charge is 2.08. The largest absolute Gasteiger partial charge is 0.452 e. The van der Waals surface area contributed by atoms with Gasteiger partial charge in [0.05, 0.1) is 10.7 Å². The minimum absolute atomic E-state index is 0.349. The number of rotatable bonds is 5. The van der Waals surface area contributed by atoms with Crippen molar-refractivity contribution in [2.24, 2.45) is 0 Å². The molecule has 1 N–H and O–H groups in total. The molecule has 4 nitrogen and oxygen atoms in total. The second kappa shape index (κ2) is 8.40. The third-order valence-electron chi connectivity index (χ3n) is 2.08. The average molecular weight is 314 g/mol. The number of nitrogens with one attached hydrogen (secondary N) is 1. The van der Waals surface area contributed by atoms with Crippen molar-refractivity contribution in [3.05, 3.63) is 52.5 Å². The standard InChI is InChI=1S/C14H13Cl2NO3/c1-2-3-4-5-14(19)20-9-13(18)17-12-8-10(15)6-7-11(12)16/h2-8H,9H2,1H3,(H,17,18)/b3-2+,5-4+. The van der Waals surface area contributed by atoms with Crippen LogP contribution >= 0.6 is 23.2 Å². The summed E-state index contributed by atoms with van der Waals surface area (Å²) in [7, 11) is 0. The van der Waals surface area contributed by atoms with Crippen LogP contribution in [-0.4, -0.2) is 18.5 Å². The summed E-state index contributed by atoms with van der Waals surface area (Å²) in [6.07, 6.45) is 6.18. The summed E-state index contributed by atoms with van der Waals surface area (Å²) in [6.45, 7) is 1.42. The van der Waals surface area contributed by atoms with E-state index in [9.17, 15) is 9.59 Å². The summed E-state index contributed by atoms with van der Waals surface area (Å²) >= 11 is 11.7. The fourth-order valence-electron chi connectivity index (χ4n) is 1.21. The quantitative estimate of drug-likeness (QED) is 0.513. The van der Waals surface area contributed by atoms with E-state index in [2.05, 4.69) is 5.32 Å². The van der Waals surface area contributed by atoms with E-state index in [1.54, 1.807) is 24.3 Å². The summed E-state index contributed by atoms with van der Waals surface area (Å²) < 4.78 is 4.74. The predicted octanol–water partition coefficient (Wildman–Crippen LogP) is 3.61. The number of halogens is 2. The molecular formula is C14H13Cl2NO3. The van der Waals surface area contributed by atoms with Crippen molar-refractivity contribution in [3.63, 3.8) is 0 Å². The van der Waals surface area contributed by atoms with Gasteiger partial charge in [-0.1, -0.05) is 41.4 Å². The van der Waals surface area contributed by atoms with Crippen molar-refractivity contribution >= 4 is 40.8 Å². The molecule has 0 atom stereocenters. The lowest BCUT2D eigenvalue weighted by Gasteiger charge is -2.07. The maximum Gasteiger partial charge on any atom is 0.331 e. The van der Waals surface area contributed by atoms with Crippen LogP contribution in [0.15, 0.2) is 42.5 Å². The third-order valence-corrected chi connectivity index (χ3v) is 2.65. The summed E-state index contributed by atoms with van der Waals surface area (Å²) in [4.78, 5) is 22.8. The molecule has 1 amide bonds. The predicted molar refractivity (Wildman–Crippen MR) is 80.0 cm³/mol. The zero-order chi connectivity index (χ0) is 15.0. The Morgan fingerprint density at radius 2 is 2.05 bits per heavy atom. The van der Waals surface area contributed by atoms with Gasteiger partial charge < -0.3 is 10.1 Å². The van der Waals surface area contributed by atoms with E-state index in [-0.39, 0.29) is 0 Å². The van der Waals surface area contributed by atoms with Crippen LogP contribution in [0.25, 0.3) is 0 Å². The maximum absolute atomic E-state index is 11.6. The number of hydrogen-bond donors (Lipinski definition) is 1. The van der Waals surface area contributed by atoms with Gasteiger partial charge in [0.15, 0.2) is 6.61 Å². The molecule has 0 radical (unpaired) electrons. The van der Waals surface area contributed by atoms with Crippen molar-refractivity contribution < 1.29 is 14.3 Å². The van der Waals surface area contributed by atoms with Crippen LogP contribution in [-0.2, 0) is 14.3 Å². The summed E-state index contributed by atoms with van der Waals surface area (Å²) in [5.41, 5.74) is 0.365. The van der Waals surface area contributed by atoms with E-state index >= 15 is 0 Å². The third kappa shape index (κ3) is 5.91. The number of allylic oxidation sites excluding steroid dienone is 3. The number of ether oxygens (including phenoxy) is 1. The number of benzene rings is 1. The molecule has 0 spiro atoms. The Labute approximate surface area is 127 Å². The van der Waals surface area contributed by atoms with Crippen molar-refractivity contribution in [2.45, 2.75) is 6.92 Å². The second-order valence-electron chi connectivity index (χ2n) is 3.66. The molecule has 1 rings (SSSR count). The van der Waals surface area contributed by atoms with E-state index in [1.165, 1.54) is 18.2 Å². The minimum Gasteiger partial charge on any atom is -0.452 e. The van der Waals surface area contributed by atoms with E-state index in [0.717, 1.165) is 0 Å². The van der Waals surface area contributed by atoms with Crippen molar-refractivity contribution in [1.29, 1.82) is 0 Å². The molecule has 6 heteroatoms. The molecule has 0 aliphatic heterocycles. The zero-order valence-electron chi connectivity index (χ0n) is 10.7. The molecule has 0 fully saturated rings. The van der Waals surface area contributed by atoms with Gasteiger partial charge >= 0.3 is 5.97 Å². The van der Waals surface area contributed by atoms with Gasteiger partial charge in [-0.2, -0.15) is 0 Å². The first-order chi connectivity index (χ1) is 9.52. The van der Waals surface area contributed by atoms with Gasteiger partial charge in [-0.25, -0.2) is 4.79 Å². The highest BCUT2D eigenvalue weighted by atomic mass is 35.5. The molecule has 1 aromatic rings. The SMILES string of the molecule is C/C=C/C=C/C(=O)OCC(=O)Nc1cc(Cl)ccc1Cl. The molecule has 0 saturated carbocycles. The van der Waals surface area contributed by atoms with Crippen LogP contribution in [0.4, 0.5) is 5.69 Å². The minimum atomic E-state index is -0.601. The summed E-state index contributed by atoms with van der Waals surface area (Å²) in [6, 6.07) is 4.67. The number of amides is 1. The lowest BCUT2D eigenvalue weighted by Crippen LogP contribution is -2.20. The summed E-state index contributed by atoms with van der Waals surface area (Å²) in [5.74, 6) is -1.10. The van der Waals surface area contributed by atoms with E-state index in [1.807, 2.05) is 6.92 Å². The zero-order valence-corrected chi connectivity index (χ0v) is 12.2. The molecule has 0 aromatic heterocycles. The smallest absolute Gasteiger partial charge is 0.331 e. The molecule has 0 heterocycles. The second-order valence-corrected chi connectivity index (χ2v) is 4.51. The summed E-state index contributed by atoms with van der Waals surface area (Å²) in [5, 5.41) is 3.29. The van der Waals surface area contributed by atoms with E-state index < -0.39 is 18.5 Å². The first-order valence-electron chi connectivity index (χ1n) is 5.74. The Hall–Kier alpha value is -1.78. The Balaban J connectivity index is 2.48. The molecule has 20 heavy (non-hydrogen) atoms. The molecular weight excluding hydrogens is 301 g/mol. The van der Waals surface area contributed by atoms with E-state index in [0.29, 0.717) is 15.7 Å². The molecule has 0 aliphatic rings. The first-order valence-corrected chi connectivity index (χ1v) is 6.49. The average Bonchev–Trinajstić information content (AvgIpc) is 2.41. The van der Waals surface area contributed by atoms with Crippen molar-refractivity contribution in [3.8, 4) is 0 Å². The van der Waals surface area contributed by atoms with Crippen LogP contribution in [0, 0.1) is 0 Å². The number of anilines is 1. The highest BCUT2D eigenvalue weighted by Crippen LogP contribution is 2.25. The van der Waals surface area contributed by atoms with Gasteiger partial charge in [0.25, 0.3) is 5.91 Å². The first kappa shape index (κ1) is 16.3. The molecule has 0 unspecified atom stereocenters. The van der Waals surface area contributed by atoms with Crippen molar-refractivity contribution in [1.82, 2.24) is 0 Å². The lowest BCUT2D eigenvalue weighted by molar-refractivity contribution is -0.142. The highest BCUT2D eigenvalue weighted by molar-refractivity contribution is 6.35. The number of hydrogen-bond acceptors (Lipinski definition) is 3. The number of esters is 1. The van der Waals surface area contributed by atoms with Crippen molar-refractivity contribution in [2.75, 3.05) is 11.9 Å². The Bertz CT molecular complexity index is 553. The Morgan fingerprint density at radius 3 is 2.75 bits per heavy atom. The van der Waals surface area contributed by atoms with Gasteiger partial charge in [0.2, 0.25) is 0 Å². The van der Waals surface area contributed by atoms with Gasteiger partial charge in [0.1, 0.15) is 0 Å². The normalized spacial score (nSPS) is 10.9. The molecule has 0 saturated heterocycles. The monoisotopic (exact) mass is 313 g/mol. The fourth-order valence-corrected chi connectivity index (χ4v) is 1.55. The molecule has 0 aliphatic carbocycles. The maximum atomic E-state index is 11.6. The molecule has 1 aromatic carbocycles. The topological polar surface area (TPSA) is 55.4 Å². The van der Waals surface area contributed by atoms with Crippen LogP contribution in [0.1, 0.15) is 6.92 Å². The Morgan fingerprint density at radius 1 is 1.30 bits per heavy atom. The van der Waals surface area contributed by atoms with Crippen LogP contribution in [0.5, 0.6) is 0 Å². The lowest BCUT2D eigenvalue weighted by atomic mass is 10.3. The fraction of sp³-hybridized carbons (Fsp3) is 0.143. The molecule has 106 valence electrons. The van der Waals surface area contributed by atoms with Gasteiger partial charge in [0, 0.05) is 11.1 Å². The number of carbonyl (C=O) groups excluding carboxylic acids is 2. The van der Waals surface area contributed by atoms with E-state index in [4.69, 9.17) is 27.9 Å². The number of carbonyl (C=O) groups is 2. The van der Waals surface area contributed by atoms with Gasteiger partial charge in [-0.3, -0.25) is 4.79 Å².